The summed E-state index contributed by atoms with van der Waals surface area (Å²) in [5, 5.41) is 9.82. The minimum absolute atomic E-state index is 0.327. The Kier molecular flexibility index (Phi) is 3.72. The number of aromatic amines is 1. The van der Waals surface area contributed by atoms with Crippen LogP contribution in [0, 0.1) is 0 Å². The molecule has 3 nitrogen and oxygen atoms in total. The van der Waals surface area contributed by atoms with Crippen molar-refractivity contribution in [3.05, 3.63) is 54.1 Å². The van der Waals surface area contributed by atoms with E-state index in [9.17, 15) is 5.11 Å². The molecule has 16 heavy (non-hydrogen) atoms. The van der Waals surface area contributed by atoms with Gasteiger partial charge in [-0.3, -0.25) is 0 Å². The highest BCUT2D eigenvalue weighted by molar-refractivity contribution is 5.14. The van der Waals surface area contributed by atoms with Crippen LogP contribution in [0.1, 0.15) is 17.8 Å². The lowest BCUT2D eigenvalue weighted by molar-refractivity contribution is 0.163. The molecule has 1 aromatic carbocycles. The van der Waals surface area contributed by atoms with E-state index in [0.717, 1.165) is 18.7 Å². The second kappa shape index (κ2) is 5.47. The third-order valence-electron chi connectivity index (χ3n) is 2.59. The highest BCUT2D eigenvalue weighted by Gasteiger charge is 2.07. The first-order valence-corrected chi connectivity index (χ1v) is 5.55. The van der Waals surface area contributed by atoms with Gasteiger partial charge in [0.1, 0.15) is 5.82 Å². The molecule has 3 heteroatoms. The minimum atomic E-state index is -0.327. The van der Waals surface area contributed by atoms with Gasteiger partial charge in [-0.2, -0.15) is 0 Å². The number of hydrogen-bond acceptors (Lipinski definition) is 2. The topological polar surface area (TPSA) is 48.9 Å². The van der Waals surface area contributed by atoms with Crippen LogP contribution in [0.25, 0.3) is 0 Å². The predicted molar refractivity (Wildman–Crippen MR) is 63.1 cm³/mol. The van der Waals surface area contributed by atoms with Gasteiger partial charge in [0.05, 0.1) is 6.10 Å². The molecular formula is C13H16N2O. The highest BCUT2D eigenvalue weighted by Crippen LogP contribution is 2.07. The first-order valence-electron chi connectivity index (χ1n) is 5.55. The van der Waals surface area contributed by atoms with Crippen molar-refractivity contribution >= 4 is 0 Å². The Hall–Kier alpha value is -1.61. The minimum Gasteiger partial charge on any atom is -0.393 e. The van der Waals surface area contributed by atoms with E-state index in [0.29, 0.717) is 6.42 Å². The van der Waals surface area contributed by atoms with Crippen LogP contribution in [-0.2, 0) is 12.8 Å². The molecule has 2 N–H and O–H groups in total. The second-order valence-corrected chi connectivity index (χ2v) is 3.92. The van der Waals surface area contributed by atoms with Crippen LogP contribution in [0.15, 0.2) is 42.7 Å². The van der Waals surface area contributed by atoms with E-state index in [2.05, 4.69) is 22.1 Å². The number of aryl methyl sites for hydroxylation is 1. The Balaban J connectivity index is 1.78. The van der Waals surface area contributed by atoms with E-state index < -0.39 is 0 Å². The van der Waals surface area contributed by atoms with Gasteiger partial charge in [-0.25, -0.2) is 4.98 Å². The zero-order valence-electron chi connectivity index (χ0n) is 9.13. The fourth-order valence-corrected chi connectivity index (χ4v) is 1.71. The summed E-state index contributed by atoms with van der Waals surface area (Å²) in [6.07, 6.45) is 5.43. The Morgan fingerprint density at radius 1 is 1.25 bits per heavy atom. The molecule has 84 valence electrons. The van der Waals surface area contributed by atoms with E-state index in [-0.39, 0.29) is 6.10 Å². The normalized spacial score (nSPS) is 12.6. The summed E-state index contributed by atoms with van der Waals surface area (Å²) in [4.78, 5) is 7.09. The molecule has 0 aliphatic rings. The fourth-order valence-electron chi connectivity index (χ4n) is 1.71. The number of nitrogens with one attached hydrogen (secondary N) is 1. The molecule has 0 amide bonds. The summed E-state index contributed by atoms with van der Waals surface area (Å²) in [6.45, 7) is 0. The van der Waals surface area contributed by atoms with Crippen molar-refractivity contribution in [2.45, 2.75) is 25.4 Å². The number of rotatable bonds is 5. The number of H-pyrrole nitrogens is 1. The van der Waals surface area contributed by atoms with E-state index >= 15 is 0 Å². The average Bonchev–Trinajstić information content (AvgIpc) is 2.81. The zero-order valence-corrected chi connectivity index (χ0v) is 9.13. The van der Waals surface area contributed by atoms with E-state index in [4.69, 9.17) is 0 Å². The predicted octanol–water partition coefficient (Wildman–Crippen LogP) is 1.95. The molecule has 0 radical (unpaired) electrons. The highest BCUT2D eigenvalue weighted by atomic mass is 16.3. The van der Waals surface area contributed by atoms with Crippen LogP contribution in [0.3, 0.4) is 0 Å². The third kappa shape index (κ3) is 3.21. The number of aromatic nitrogens is 2. The van der Waals surface area contributed by atoms with E-state index in [1.165, 1.54) is 5.56 Å². The van der Waals surface area contributed by atoms with Crippen LogP contribution >= 0.6 is 0 Å². The van der Waals surface area contributed by atoms with Gasteiger partial charge in [-0.05, 0) is 18.4 Å². The van der Waals surface area contributed by atoms with E-state index in [1.54, 1.807) is 12.4 Å². The number of hydrogen-bond donors (Lipinski definition) is 2. The molecule has 1 aromatic heterocycles. The first kappa shape index (κ1) is 10.9. The molecule has 0 bridgehead atoms. The summed E-state index contributed by atoms with van der Waals surface area (Å²) in [6, 6.07) is 10.2. The maximum atomic E-state index is 9.82. The van der Waals surface area contributed by atoms with Gasteiger partial charge in [0.25, 0.3) is 0 Å². The van der Waals surface area contributed by atoms with Crippen molar-refractivity contribution in [2.24, 2.45) is 0 Å². The first-order chi connectivity index (χ1) is 7.84. The molecule has 1 unspecified atom stereocenters. The maximum absolute atomic E-state index is 9.82. The Labute approximate surface area is 95.2 Å². The molecule has 2 rings (SSSR count). The average molecular weight is 216 g/mol. The molecule has 0 aliphatic heterocycles. The van der Waals surface area contributed by atoms with Gasteiger partial charge in [-0.1, -0.05) is 30.3 Å². The molecular weight excluding hydrogens is 200 g/mol. The van der Waals surface area contributed by atoms with Crippen LogP contribution < -0.4 is 0 Å². The summed E-state index contributed by atoms with van der Waals surface area (Å²) in [5.41, 5.74) is 1.26. The lowest BCUT2D eigenvalue weighted by Gasteiger charge is -2.08. The Morgan fingerprint density at radius 2 is 2.06 bits per heavy atom. The second-order valence-electron chi connectivity index (χ2n) is 3.92. The van der Waals surface area contributed by atoms with Gasteiger partial charge in [0.2, 0.25) is 0 Å². The quantitative estimate of drug-likeness (QED) is 0.802. The molecule has 0 aliphatic carbocycles. The largest absolute Gasteiger partial charge is 0.393 e. The summed E-state index contributed by atoms with van der Waals surface area (Å²) < 4.78 is 0. The molecule has 2 aromatic rings. The lowest BCUT2D eigenvalue weighted by atomic mass is 10.1. The zero-order chi connectivity index (χ0) is 11.2. The van der Waals surface area contributed by atoms with Crippen molar-refractivity contribution in [2.75, 3.05) is 0 Å². The molecule has 0 saturated carbocycles. The van der Waals surface area contributed by atoms with Crippen molar-refractivity contribution < 1.29 is 5.11 Å². The fraction of sp³-hybridized carbons (Fsp3) is 0.308. The van der Waals surface area contributed by atoms with E-state index in [1.807, 2.05) is 18.2 Å². The van der Waals surface area contributed by atoms with Gasteiger partial charge >= 0.3 is 0 Å². The van der Waals surface area contributed by atoms with Gasteiger partial charge in [-0.15, -0.1) is 0 Å². The van der Waals surface area contributed by atoms with Crippen LogP contribution in [0.4, 0.5) is 0 Å². The number of benzene rings is 1. The number of imidazole rings is 1. The van der Waals surface area contributed by atoms with Crippen LogP contribution in [-0.4, -0.2) is 21.2 Å². The monoisotopic (exact) mass is 216 g/mol. The van der Waals surface area contributed by atoms with Crippen molar-refractivity contribution in [3.63, 3.8) is 0 Å². The molecule has 1 atom stereocenters. The molecule has 0 spiro atoms. The molecule has 1 heterocycles. The standard InChI is InChI=1S/C13H16N2O/c16-12(10-13-14-8-9-15-13)7-6-11-4-2-1-3-5-11/h1-5,8-9,12,16H,6-7,10H2,(H,14,15). The Morgan fingerprint density at radius 3 is 2.75 bits per heavy atom. The SMILES string of the molecule is OC(CCc1ccccc1)Cc1ncc[nH]1. The van der Waals surface area contributed by atoms with Crippen molar-refractivity contribution in [3.8, 4) is 0 Å². The van der Waals surface area contributed by atoms with Gasteiger partial charge in [0, 0.05) is 18.8 Å². The molecule has 0 saturated heterocycles. The number of nitrogens with zero attached hydrogens (tertiary/aromatic N) is 1. The summed E-state index contributed by atoms with van der Waals surface area (Å²) in [7, 11) is 0. The maximum Gasteiger partial charge on any atom is 0.108 e. The van der Waals surface area contributed by atoms with Crippen LogP contribution in [0.2, 0.25) is 0 Å². The molecule has 0 fully saturated rings. The lowest BCUT2D eigenvalue weighted by Crippen LogP contribution is -2.12. The number of aliphatic hydroxyl groups excluding tert-OH is 1. The van der Waals surface area contributed by atoms with Crippen LogP contribution in [0.5, 0.6) is 0 Å². The van der Waals surface area contributed by atoms with Crippen molar-refractivity contribution in [1.29, 1.82) is 0 Å². The smallest absolute Gasteiger partial charge is 0.108 e. The Bertz CT molecular complexity index is 397. The summed E-state index contributed by atoms with van der Waals surface area (Å²) >= 11 is 0. The van der Waals surface area contributed by atoms with Gasteiger partial charge < -0.3 is 10.1 Å². The number of aliphatic hydroxyl groups is 1. The van der Waals surface area contributed by atoms with Gasteiger partial charge in [0.15, 0.2) is 0 Å². The third-order valence-corrected chi connectivity index (χ3v) is 2.59. The summed E-state index contributed by atoms with van der Waals surface area (Å²) in [5.74, 6) is 0.848. The van der Waals surface area contributed by atoms with Crippen molar-refractivity contribution in [1.82, 2.24) is 9.97 Å².